The molecule has 1 aromatic rings. The Labute approximate surface area is 95.9 Å². The summed E-state index contributed by atoms with van der Waals surface area (Å²) in [6.07, 6.45) is 0. The molecule has 1 aromatic heterocycles. The van der Waals surface area contributed by atoms with Gasteiger partial charge in [-0.3, -0.25) is 0 Å². The van der Waals surface area contributed by atoms with Crippen LogP contribution in [0, 0.1) is 12.8 Å². The molecule has 0 aliphatic heterocycles. The van der Waals surface area contributed by atoms with Crippen LogP contribution >= 0.6 is 11.3 Å². The lowest BCUT2D eigenvalue weighted by Gasteiger charge is -2.06. The Bertz CT molecular complexity index is 297. The monoisotopic (exact) mass is 228 g/mol. The van der Waals surface area contributed by atoms with Gasteiger partial charge in [0, 0.05) is 18.5 Å². The van der Waals surface area contributed by atoms with Crippen molar-refractivity contribution in [3.8, 4) is 0 Å². The van der Waals surface area contributed by atoms with Crippen molar-refractivity contribution in [2.45, 2.75) is 33.9 Å². The fraction of sp³-hybridized carbons (Fsp3) is 0.727. The van der Waals surface area contributed by atoms with Gasteiger partial charge in [0.25, 0.3) is 0 Å². The Hall–Kier alpha value is -0.450. The van der Waals surface area contributed by atoms with Gasteiger partial charge in [0.1, 0.15) is 0 Å². The van der Waals surface area contributed by atoms with Crippen LogP contribution in [0.2, 0.25) is 0 Å². The molecule has 1 rings (SSSR count). The van der Waals surface area contributed by atoms with E-state index in [0.29, 0.717) is 12.5 Å². The molecule has 0 atom stereocenters. The second-order valence-corrected chi connectivity index (χ2v) is 5.35. The maximum Gasteiger partial charge on any atom is 0.0901 e. The van der Waals surface area contributed by atoms with Crippen LogP contribution < -0.4 is 5.32 Å². The lowest BCUT2D eigenvalue weighted by Crippen LogP contribution is -2.19. The van der Waals surface area contributed by atoms with Crippen LogP contribution in [0.5, 0.6) is 0 Å². The van der Waals surface area contributed by atoms with Gasteiger partial charge < -0.3 is 10.1 Å². The number of rotatable bonds is 6. The first-order valence-corrected chi connectivity index (χ1v) is 6.10. The van der Waals surface area contributed by atoms with E-state index in [0.717, 1.165) is 23.8 Å². The molecule has 3 nitrogen and oxygen atoms in total. The Morgan fingerprint density at radius 3 is 2.80 bits per heavy atom. The second-order valence-electron chi connectivity index (χ2n) is 4.06. The smallest absolute Gasteiger partial charge is 0.0901 e. The Morgan fingerprint density at radius 2 is 2.20 bits per heavy atom. The summed E-state index contributed by atoms with van der Waals surface area (Å²) in [4.78, 5) is 5.75. The van der Waals surface area contributed by atoms with Crippen LogP contribution in [0.4, 0.5) is 0 Å². The van der Waals surface area contributed by atoms with Crippen molar-refractivity contribution < 1.29 is 4.74 Å². The molecule has 15 heavy (non-hydrogen) atoms. The molecule has 0 aliphatic rings. The van der Waals surface area contributed by atoms with Crippen LogP contribution in [0.3, 0.4) is 0 Å². The van der Waals surface area contributed by atoms with Crippen molar-refractivity contribution >= 4 is 11.3 Å². The van der Waals surface area contributed by atoms with E-state index in [4.69, 9.17) is 4.74 Å². The molecule has 4 heteroatoms. The quantitative estimate of drug-likeness (QED) is 0.811. The Balaban J connectivity index is 2.51. The van der Waals surface area contributed by atoms with Crippen LogP contribution in [0.25, 0.3) is 0 Å². The predicted octanol–water partition coefficient (Wildman–Crippen LogP) is 2.34. The SMILES string of the molecule is COCc1nc(C)sc1CNCC(C)C. The topological polar surface area (TPSA) is 34.1 Å². The van der Waals surface area contributed by atoms with Gasteiger partial charge in [-0.05, 0) is 19.4 Å². The third-order valence-electron chi connectivity index (χ3n) is 2.00. The largest absolute Gasteiger partial charge is 0.378 e. The average molecular weight is 228 g/mol. The molecule has 0 aliphatic carbocycles. The maximum absolute atomic E-state index is 5.13. The van der Waals surface area contributed by atoms with Gasteiger partial charge in [0.05, 0.1) is 17.3 Å². The summed E-state index contributed by atoms with van der Waals surface area (Å²) in [5.41, 5.74) is 1.08. The van der Waals surface area contributed by atoms with E-state index < -0.39 is 0 Å². The highest BCUT2D eigenvalue weighted by atomic mass is 32.1. The normalized spacial score (nSPS) is 11.3. The summed E-state index contributed by atoms with van der Waals surface area (Å²) in [5, 5.41) is 4.54. The molecule has 0 saturated heterocycles. The highest BCUT2D eigenvalue weighted by molar-refractivity contribution is 7.11. The number of aromatic nitrogens is 1. The van der Waals surface area contributed by atoms with Gasteiger partial charge in [0.15, 0.2) is 0 Å². The standard InChI is InChI=1S/C11H20N2OS/c1-8(2)5-12-6-11-10(7-14-4)13-9(3)15-11/h8,12H,5-7H2,1-4H3. The zero-order chi connectivity index (χ0) is 11.3. The van der Waals surface area contributed by atoms with Gasteiger partial charge in [-0.25, -0.2) is 4.98 Å². The molecule has 0 aromatic carbocycles. The Morgan fingerprint density at radius 1 is 1.47 bits per heavy atom. The zero-order valence-electron chi connectivity index (χ0n) is 9.96. The summed E-state index contributed by atoms with van der Waals surface area (Å²) in [5.74, 6) is 0.685. The number of hydrogen-bond donors (Lipinski definition) is 1. The minimum atomic E-state index is 0.614. The molecule has 1 heterocycles. The lowest BCUT2D eigenvalue weighted by atomic mass is 10.2. The number of ether oxygens (including phenoxy) is 1. The number of nitrogens with zero attached hydrogens (tertiary/aromatic N) is 1. The third-order valence-corrected chi connectivity index (χ3v) is 3.02. The molecule has 0 radical (unpaired) electrons. The van der Waals surface area contributed by atoms with Gasteiger partial charge >= 0.3 is 0 Å². The van der Waals surface area contributed by atoms with E-state index in [1.54, 1.807) is 18.4 Å². The zero-order valence-corrected chi connectivity index (χ0v) is 10.8. The minimum absolute atomic E-state index is 0.614. The van der Waals surface area contributed by atoms with Gasteiger partial charge in [-0.1, -0.05) is 13.8 Å². The van der Waals surface area contributed by atoms with Gasteiger partial charge in [0.2, 0.25) is 0 Å². The molecule has 0 fully saturated rings. The highest BCUT2D eigenvalue weighted by Crippen LogP contribution is 2.18. The fourth-order valence-electron chi connectivity index (χ4n) is 1.37. The van der Waals surface area contributed by atoms with Crippen molar-refractivity contribution in [2.75, 3.05) is 13.7 Å². The van der Waals surface area contributed by atoms with E-state index in [-0.39, 0.29) is 0 Å². The van der Waals surface area contributed by atoms with Crippen LogP contribution in [0.1, 0.15) is 29.4 Å². The molecule has 0 bridgehead atoms. The van der Waals surface area contributed by atoms with Crippen molar-refractivity contribution in [1.29, 1.82) is 0 Å². The van der Waals surface area contributed by atoms with Crippen molar-refractivity contribution in [1.82, 2.24) is 10.3 Å². The van der Waals surface area contributed by atoms with Crippen LogP contribution in [-0.2, 0) is 17.9 Å². The number of hydrogen-bond acceptors (Lipinski definition) is 4. The summed E-state index contributed by atoms with van der Waals surface area (Å²) in [7, 11) is 1.71. The number of methoxy groups -OCH3 is 1. The van der Waals surface area contributed by atoms with Gasteiger partial charge in [-0.15, -0.1) is 11.3 Å². The summed E-state index contributed by atoms with van der Waals surface area (Å²) in [6.45, 7) is 9.02. The summed E-state index contributed by atoms with van der Waals surface area (Å²) in [6, 6.07) is 0. The number of aryl methyl sites for hydroxylation is 1. The molecule has 0 amide bonds. The van der Waals surface area contributed by atoms with Crippen molar-refractivity contribution in [3.05, 3.63) is 15.6 Å². The van der Waals surface area contributed by atoms with E-state index in [9.17, 15) is 0 Å². The van der Waals surface area contributed by atoms with E-state index >= 15 is 0 Å². The van der Waals surface area contributed by atoms with Crippen molar-refractivity contribution in [3.63, 3.8) is 0 Å². The minimum Gasteiger partial charge on any atom is -0.378 e. The molecule has 0 saturated carbocycles. The van der Waals surface area contributed by atoms with Crippen LogP contribution in [-0.4, -0.2) is 18.6 Å². The van der Waals surface area contributed by atoms with E-state index in [2.05, 4.69) is 24.1 Å². The highest BCUT2D eigenvalue weighted by Gasteiger charge is 2.08. The molecule has 0 unspecified atom stereocenters. The van der Waals surface area contributed by atoms with Gasteiger partial charge in [-0.2, -0.15) is 0 Å². The maximum atomic E-state index is 5.13. The summed E-state index contributed by atoms with van der Waals surface area (Å²) >= 11 is 1.75. The molecular weight excluding hydrogens is 208 g/mol. The lowest BCUT2D eigenvalue weighted by molar-refractivity contribution is 0.181. The molecular formula is C11H20N2OS. The second kappa shape index (κ2) is 6.20. The number of nitrogens with one attached hydrogen (secondary N) is 1. The van der Waals surface area contributed by atoms with E-state index in [1.165, 1.54) is 4.88 Å². The predicted molar refractivity (Wildman–Crippen MR) is 64.1 cm³/mol. The third kappa shape index (κ3) is 4.28. The first-order valence-electron chi connectivity index (χ1n) is 5.28. The average Bonchev–Trinajstić information content (AvgIpc) is 2.47. The molecule has 1 N–H and O–H groups in total. The fourth-order valence-corrected chi connectivity index (χ4v) is 2.28. The van der Waals surface area contributed by atoms with Crippen molar-refractivity contribution in [2.24, 2.45) is 5.92 Å². The van der Waals surface area contributed by atoms with E-state index in [1.807, 2.05) is 6.92 Å². The van der Waals surface area contributed by atoms with Crippen LogP contribution in [0.15, 0.2) is 0 Å². The molecule has 0 spiro atoms. The first kappa shape index (κ1) is 12.6. The molecule has 86 valence electrons. The first-order chi connectivity index (χ1) is 7.13. The summed E-state index contributed by atoms with van der Waals surface area (Å²) < 4.78 is 5.13. The number of thiazole rings is 1. The Kier molecular flexibility index (Phi) is 5.22.